The molecule has 0 bridgehead atoms. The summed E-state index contributed by atoms with van der Waals surface area (Å²) in [5.41, 5.74) is 1.45. The number of anilines is 1. The topological polar surface area (TPSA) is 65.5 Å². The van der Waals surface area contributed by atoms with Gasteiger partial charge in [-0.1, -0.05) is 25.1 Å². The lowest BCUT2D eigenvalue weighted by molar-refractivity contribution is 0.188. The van der Waals surface area contributed by atoms with E-state index in [1.807, 2.05) is 37.3 Å². The van der Waals surface area contributed by atoms with Crippen LogP contribution in [0.25, 0.3) is 10.9 Å². The van der Waals surface area contributed by atoms with E-state index in [1.54, 1.807) is 11.1 Å². The zero-order chi connectivity index (χ0) is 14.4. The summed E-state index contributed by atoms with van der Waals surface area (Å²) in [7, 11) is 0. The summed E-state index contributed by atoms with van der Waals surface area (Å²) in [5.74, 6) is 0. The predicted octanol–water partition coefficient (Wildman–Crippen LogP) is 2.47. The number of benzene rings is 1. The zero-order valence-corrected chi connectivity index (χ0v) is 11.5. The molecule has 0 aliphatic heterocycles. The van der Waals surface area contributed by atoms with Crippen molar-refractivity contribution in [2.75, 3.05) is 25.0 Å². The van der Waals surface area contributed by atoms with Crippen LogP contribution in [0, 0.1) is 0 Å². The van der Waals surface area contributed by atoms with Crippen LogP contribution >= 0.6 is 0 Å². The second-order valence-electron chi connectivity index (χ2n) is 4.52. The number of urea groups is 1. The van der Waals surface area contributed by atoms with Gasteiger partial charge in [0.2, 0.25) is 0 Å². The van der Waals surface area contributed by atoms with Gasteiger partial charge in [-0.2, -0.15) is 0 Å². The summed E-state index contributed by atoms with van der Waals surface area (Å²) < 4.78 is 0. The Balaban J connectivity index is 2.20. The highest BCUT2D eigenvalue weighted by atomic mass is 16.3. The number of hydrogen-bond donors (Lipinski definition) is 2. The predicted molar refractivity (Wildman–Crippen MR) is 79.7 cm³/mol. The standard InChI is InChI=1S/C15H19N3O2/c1-2-9-18(10-11-19)15(20)17-13-7-3-5-12-6-4-8-16-14(12)13/h3-8,19H,2,9-11H2,1H3,(H,17,20). The molecule has 0 saturated heterocycles. The lowest BCUT2D eigenvalue weighted by Gasteiger charge is -2.21. The van der Waals surface area contributed by atoms with Gasteiger partial charge in [0.05, 0.1) is 17.8 Å². The van der Waals surface area contributed by atoms with Gasteiger partial charge >= 0.3 is 6.03 Å². The Bertz CT molecular complexity index is 575. The fourth-order valence-corrected chi connectivity index (χ4v) is 2.10. The second kappa shape index (κ2) is 6.86. The number of aliphatic hydroxyl groups excluding tert-OH is 1. The molecule has 0 atom stereocenters. The number of carbonyl (C=O) groups is 1. The molecule has 1 aromatic heterocycles. The third-order valence-electron chi connectivity index (χ3n) is 3.02. The van der Waals surface area contributed by atoms with Crippen molar-refractivity contribution in [3.63, 3.8) is 0 Å². The van der Waals surface area contributed by atoms with Crippen molar-refractivity contribution in [2.45, 2.75) is 13.3 Å². The van der Waals surface area contributed by atoms with Crippen LogP contribution in [-0.4, -0.2) is 40.7 Å². The highest BCUT2D eigenvalue weighted by Crippen LogP contribution is 2.20. The Kier molecular flexibility index (Phi) is 4.90. The van der Waals surface area contributed by atoms with Gasteiger partial charge in [-0.3, -0.25) is 4.98 Å². The number of amides is 2. The molecule has 2 rings (SSSR count). The Morgan fingerprint density at radius 3 is 2.85 bits per heavy atom. The van der Waals surface area contributed by atoms with Crippen LogP contribution in [0.2, 0.25) is 0 Å². The van der Waals surface area contributed by atoms with Gasteiger partial charge in [-0.15, -0.1) is 0 Å². The molecule has 0 aliphatic carbocycles. The van der Waals surface area contributed by atoms with Gasteiger partial charge in [-0.25, -0.2) is 4.79 Å². The second-order valence-corrected chi connectivity index (χ2v) is 4.52. The van der Waals surface area contributed by atoms with E-state index < -0.39 is 0 Å². The van der Waals surface area contributed by atoms with Crippen LogP contribution in [0.3, 0.4) is 0 Å². The fraction of sp³-hybridized carbons (Fsp3) is 0.333. The molecule has 0 unspecified atom stereocenters. The lowest BCUT2D eigenvalue weighted by Crippen LogP contribution is -2.37. The summed E-state index contributed by atoms with van der Waals surface area (Å²) in [4.78, 5) is 18.1. The summed E-state index contributed by atoms with van der Waals surface area (Å²) in [6, 6.07) is 9.28. The maximum atomic E-state index is 12.2. The van der Waals surface area contributed by atoms with Crippen LogP contribution in [0.1, 0.15) is 13.3 Å². The molecule has 5 nitrogen and oxygen atoms in total. The van der Waals surface area contributed by atoms with E-state index in [9.17, 15) is 4.79 Å². The number of nitrogens with one attached hydrogen (secondary N) is 1. The van der Waals surface area contributed by atoms with Crippen molar-refractivity contribution >= 4 is 22.6 Å². The van der Waals surface area contributed by atoms with Crippen LogP contribution < -0.4 is 5.32 Å². The van der Waals surface area contributed by atoms with Crippen molar-refractivity contribution in [1.82, 2.24) is 9.88 Å². The maximum Gasteiger partial charge on any atom is 0.321 e. The molecule has 2 amide bonds. The van der Waals surface area contributed by atoms with Crippen LogP contribution in [0.5, 0.6) is 0 Å². The number of carbonyl (C=O) groups excluding carboxylic acids is 1. The van der Waals surface area contributed by atoms with Crippen LogP contribution in [0.4, 0.5) is 10.5 Å². The van der Waals surface area contributed by atoms with Gasteiger partial charge in [-0.05, 0) is 18.6 Å². The normalized spacial score (nSPS) is 10.5. The van der Waals surface area contributed by atoms with E-state index in [2.05, 4.69) is 10.3 Å². The largest absolute Gasteiger partial charge is 0.395 e. The van der Waals surface area contributed by atoms with E-state index in [-0.39, 0.29) is 12.6 Å². The average Bonchev–Trinajstić information content (AvgIpc) is 2.47. The summed E-state index contributed by atoms with van der Waals surface area (Å²) in [6.45, 7) is 2.90. The molecule has 20 heavy (non-hydrogen) atoms. The summed E-state index contributed by atoms with van der Waals surface area (Å²) in [6.07, 6.45) is 2.55. The third kappa shape index (κ3) is 3.24. The van der Waals surface area contributed by atoms with Crippen molar-refractivity contribution in [2.24, 2.45) is 0 Å². The first-order chi connectivity index (χ1) is 9.76. The van der Waals surface area contributed by atoms with Gasteiger partial charge in [0, 0.05) is 24.7 Å². The molecular weight excluding hydrogens is 254 g/mol. The Morgan fingerprint density at radius 1 is 1.30 bits per heavy atom. The molecule has 0 spiro atoms. The molecule has 2 aromatic rings. The zero-order valence-electron chi connectivity index (χ0n) is 11.5. The molecule has 0 fully saturated rings. The number of hydrogen-bond acceptors (Lipinski definition) is 3. The Hall–Kier alpha value is -2.14. The Morgan fingerprint density at radius 2 is 2.10 bits per heavy atom. The highest BCUT2D eigenvalue weighted by molar-refractivity contribution is 5.99. The smallest absolute Gasteiger partial charge is 0.321 e. The molecule has 106 valence electrons. The SMILES string of the molecule is CCCN(CCO)C(=O)Nc1cccc2cccnc12. The van der Waals surface area contributed by atoms with E-state index in [4.69, 9.17) is 5.11 Å². The molecular formula is C15H19N3O2. The molecule has 5 heteroatoms. The fourth-order valence-electron chi connectivity index (χ4n) is 2.10. The van der Waals surface area contributed by atoms with E-state index in [0.717, 1.165) is 17.3 Å². The Labute approximate surface area is 118 Å². The quantitative estimate of drug-likeness (QED) is 0.879. The number of rotatable bonds is 5. The van der Waals surface area contributed by atoms with Gasteiger partial charge < -0.3 is 15.3 Å². The minimum Gasteiger partial charge on any atom is -0.395 e. The first-order valence-electron chi connectivity index (χ1n) is 6.76. The molecule has 2 N–H and O–H groups in total. The minimum absolute atomic E-state index is 0.0405. The third-order valence-corrected chi connectivity index (χ3v) is 3.02. The lowest BCUT2D eigenvalue weighted by atomic mass is 10.2. The molecule has 0 saturated carbocycles. The monoisotopic (exact) mass is 273 g/mol. The molecule has 0 aliphatic rings. The number of pyridine rings is 1. The van der Waals surface area contributed by atoms with E-state index >= 15 is 0 Å². The first kappa shape index (κ1) is 14.3. The van der Waals surface area contributed by atoms with Crippen LogP contribution in [0.15, 0.2) is 36.5 Å². The van der Waals surface area contributed by atoms with Gasteiger partial charge in [0.1, 0.15) is 0 Å². The number of fused-ring (bicyclic) bond motifs is 1. The van der Waals surface area contributed by atoms with Crippen molar-refractivity contribution in [3.8, 4) is 0 Å². The van der Waals surface area contributed by atoms with Gasteiger partial charge in [0.25, 0.3) is 0 Å². The van der Waals surface area contributed by atoms with Crippen LogP contribution in [-0.2, 0) is 0 Å². The minimum atomic E-state index is -0.209. The molecule has 1 aromatic carbocycles. The maximum absolute atomic E-state index is 12.2. The first-order valence-corrected chi connectivity index (χ1v) is 6.76. The molecule has 0 radical (unpaired) electrons. The van der Waals surface area contributed by atoms with Gasteiger partial charge in [0.15, 0.2) is 0 Å². The molecule has 1 heterocycles. The van der Waals surface area contributed by atoms with Crippen molar-refractivity contribution in [1.29, 1.82) is 0 Å². The highest BCUT2D eigenvalue weighted by Gasteiger charge is 2.13. The average molecular weight is 273 g/mol. The summed E-state index contributed by atoms with van der Waals surface area (Å²) in [5, 5.41) is 12.9. The number of aliphatic hydroxyl groups is 1. The number of aromatic nitrogens is 1. The summed E-state index contributed by atoms with van der Waals surface area (Å²) >= 11 is 0. The number of para-hydroxylation sites is 1. The van der Waals surface area contributed by atoms with Crippen molar-refractivity contribution < 1.29 is 9.90 Å². The van der Waals surface area contributed by atoms with E-state index in [1.165, 1.54) is 0 Å². The van der Waals surface area contributed by atoms with E-state index in [0.29, 0.717) is 18.8 Å². The van der Waals surface area contributed by atoms with Crippen molar-refractivity contribution in [3.05, 3.63) is 36.5 Å². The number of nitrogens with zero attached hydrogens (tertiary/aromatic N) is 2.